The van der Waals surface area contributed by atoms with Crippen molar-refractivity contribution in [2.24, 2.45) is 4.99 Å². The predicted molar refractivity (Wildman–Crippen MR) is 137 cm³/mol. The number of nitrogens with one attached hydrogen (secondary N) is 1. The summed E-state index contributed by atoms with van der Waals surface area (Å²) in [7, 11) is 1.79. The van der Waals surface area contributed by atoms with E-state index >= 15 is 0 Å². The Balaban J connectivity index is 0.00000289. The van der Waals surface area contributed by atoms with Gasteiger partial charge in [0.25, 0.3) is 0 Å². The molecule has 8 heteroatoms. The van der Waals surface area contributed by atoms with Gasteiger partial charge in [0, 0.05) is 65.0 Å². The van der Waals surface area contributed by atoms with Crippen molar-refractivity contribution in [3.63, 3.8) is 0 Å². The molecule has 0 bridgehead atoms. The normalized spacial score (nSPS) is 15.9. The van der Waals surface area contributed by atoms with Crippen LogP contribution in [-0.2, 0) is 17.9 Å². The molecule has 2 aromatic carbocycles. The summed E-state index contributed by atoms with van der Waals surface area (Å²) in [4.78, 5) is 23.4. The lowest BCUT2D eigenvalue weighted by Gasteiger charge is -2.37. The Hall–Kier alpha value is -2.36. The van der Waals surface area contributed by atoms with Crippen molar-refractivity contribution in [2.45, 2.75) is 25.9 Å². The molecule has 6 nitrogen and oxygen atoms in total. The number of anilines is 1. The summed E-state index contributed by atoms with van der Waals surface area (Å²) in [5.41, 5.74) is 3.56. The van der Waals surface area contributed by atoms with Crippen LogP contribution in [0.15, 0.2) is 53.5 Å². The molecule has 1 N–H and O–H groups in total. The summed E-state index contributed by atoms with van der Waals surface area (Å²) in [6, 6.07) is 14.9. The predicted octanol–water partition coefficient (Wildman–Crippen LogP) is 3.46. The molecule has 0 atom stereocenters. The van der Waals surface area contributed by atoms with Crippen LogP contribution in [0.1, 0.15) is 24.0 Å². The van der Waals surface area contributed by atoms with Crippen LogP contribution in [-0.4, -0.2) is 61.4 Å². The molecule has 2 aliphatic rings. The maximum Gasteiger partial charge on any atom is 0.223 e. The van der Waals surface area contributed by atoms with E-state index in [1.165, 1.54) is 23.3 Å². The first kappa shape index (κ1) is 24.3. The molecular formula is C24H31FIN5O. The third kappa shape index (κ3) is 5.90. The van der Waals surface area contributed by atoms with Gasteiger partial charge in [0.2, 0.25) is 5.91 Å². The van der Waals surface area contributed by atoms with Crippen LogP contribution < -0.4 is 10.2 Å². The fourth-order valence-electron chi connectivity index (χ4n) is 4.27. The second-order valence-electron chi connectivity index (χ2n) is 8.05. The first-order valence-electron chi connectivity index (χ1n) is 10.9. The van der Waals surface area contributed by atoms with Gasteiger partial charge in [-0.25, -0.2) is 4.39 Å². The molecule has 0 aromatic heterocycles. The van der Waals surface area contributed by atoms with Gasteiger partial charge < -0.3 is 20.0 Å². The van der Waals surface area contributed by atoms with Crippen LogP contribution in [0.5, 0.6) is 0 Å². The SMILES string of the molecule is CN=C(NCCCC(=O)N1Cc2ccccc2C1)N1CCN(c2ccc(F)cc2)CC1.I. The molecule has 0 radical (unpaired) electrons. The number of guanidine groups is 1. The van der Waals surface area contributed by atoms with Gasteiger partial charge in [-0.2, -0.15) is 0 Å². The van der Waals surface area contributed by atoms with Crippen LogP contribution in [0, 0.1) is 5.82 Å². The van der Waals surface area contributed by atoms with E-state index in [-0.39, 0.29) is 35.7 Å². The molecule has 0 saturated carbocycles. The third-order valence-electron chi connectivity index (χ3n) is 6.03. The Morgan fingerprint density at radius 1 is 0.969 bits per heavy atom. The average Bonchev–Trinajstić information content (AvgIpc) is 3.24. The number of benzene rings is 2. The Bertz CT molecular complexity index is 903. The molecule has 4 rings (SSSR count). The summed E-state index contributed by atoms with van der Waals surface area (Å²) in [6.07, 6.45) is 1.32. The highest BCUT2D eigenvalue weighted by molar-refractivity contribution is 14.0. The van der Waals surface area contributed by atoms with E-state index in [9.17, 15) is 9.18 Å². The lowest BCUT2D eigenvalue weighted by molar-refractivity contribution is -0.131. The van der Waals surface area contributed by atoms with Crippen LogP contribution in [0.2, 0.25) is 0 Å². The molecule has 32 heavy (non-hydrogen) atoms. The van der Waals surface area contributed by atoms with E-state index in [2.05, 4.69) is 32.2 Å². The van der Waals surface area contributed by atoms with E-state index in [1.807, 2.05) is 29.2 Å². The zero-order chi connectivity index (χ0) is 21.6. The minimum absolute atomic E-state index is 0. The second-order valence-corrected chi connectivity index (χ2v) is 8.05. The number of nitrogens with zero attached hydrogens (tertiary/aromatic N) is 4. The van der Waals surface area contributed by atoms with Crippen molar-refractivity contribution in [1.82, 2.24) is 15.1 Å². The first-order chi connectivity index (χ1) is 15.1. The molecule has 172 valence electrons. The number of hydrogen-bond acceptors (Lipinski definition) is 3. The van der Waals surface area contributed by atoms with E-state index in [0.717, 1.165) is 63.9 Å². The zero-order valence-corrected chi connectivity index (χ0v) is 20.8. The minimum atomic E-state index is -0.209. The minimum Gasteiger partial charge on any atom is -0.368 e. The smallest absolute Gasteiger partial charge is 0.223 e. The van der Waals surface area contributed by atoms with Crippen molar-refractivity contribution < 1.29 is 9.18 Å². The number of carbonyl (C=O) groups is 1. The molecule has 1 amide bonds. The largest absolute Gasteiger partial charge is 0.368 e. The van der Waals surface area contributed by atoms with E-state index in [1.54, 1.807) is 7.05 Å². The summed E-state index contributed by atoms with van der Waals surface area (Å²) in [5, 5.41) is 3.40. The maximum atomic E-state index is 13.1. The number of fused-ring (bicyclic) bond motifs is 1. The van der Waals surface area contributed by atoms with Crippen LogP contribution in [0.3, 0.4) is 0 Å². The lowest BCUT2D eigenvalue weighted by atomic mass is 10.1. The van der Waals surface area contributed by atoms with Crippen molar-refractivity contribution >= 4 is 41.5 Å². The molecule has 0 spiro atoms. The number of aliphatic imine (C=N–C) groups is 1. The Morgan fingerprint density at radius 2 is 1.59 bits per heavy atom. The van der Waals surface area contributed by atoms with Gasteiger partial charge in [-0.05, 0) is 41.8 Å². The molecule has 1 fully saturated rings. The van der Waals surface area contributed by atoms with E-state index < -0.39 is 0 Å². The zero-order valence-electron chi connectivity index (χ0n) is 18.5. The van der Waals surface area contributed by atoms with E-state index in [4.69, 9.17) is 0 Å². The summed E-state index contributed by atoms with van der Waals surface area (Å²) in [6.45, 7) is 5.59. The molecule has 2 aliphatic heterocycles. The first-order valence-corrected chi connectivity index (χ1v) is 10.9. The average molecular weight is 551 g/mol. The van der Waals surface area contributed by atoms with Gasteiger partial charge >= 0.3 is 0 Å². The molecule has 2 heterocycles. The van der Waals surface area contributed by atoms with Crippen LogP contribution in [0.4, 0.5) is 10.1 Å². The highest BCUT2D eigenvalue weighted by Gasteiger charge is 2.23. The number of piperazine rings is 1. The highest BCUT2D eigenvalue weighted by Crippen LogP contribution is 2.23. The second kappa shape index (κ2) is 11.5. The lowest BCUT2D eigenvalue weighted by Crippen LogP contribution is -2.52. The van der Waals surface area contributed by atoms with Gasteiger partial charge in [0.15, 0.2) is 5.96 Å². The molecule has 2 aromatic rings. The van der Waals surface area contributed by atoms with Crippen molar-refractivity contribution in [1.29, 1.82) is 0 Å². The Kier molecular flexibility index (Phi) is 8.72. The highest BCUT2D eigenvalue weighted by atomic mass is 127. The Labute approximate surface area is 206 Å². The van der Waals surface area contributed by atoms with Gasteiger partial charge in [0.05, 0.1) is 0 Å². The van der Waals surface area contributed by atoms with Gasteiger partial charge in [-0.3, -0.25) is 9.79 Å². The third-order valence-corrected chi connectivity index (χ3v) is 6.03. The number of hydrogen-bond donors (Lipinski definition) is 1. The standard InChI is InChI=1S/C24H30FN5O.HI/c1-26-24(29-15-13-28(14-16-29)22-10-8-21(25)9-11-22)27-12-4-7-23(31)30-17-19-5-2-3-6-20(19)18-30;/h2-3,5-6,8-11H,4,7,12-18H2,1H3,(H,26,27);1H. The van der Waals surface area contributed by atoms with Gasteiger partial charge in [-0.1, -0.05) is 24.3 Å². The number of amides is 1. The van der Waals surface area contributed by atoms with Gasteiger partial charge in [-0.15, -0.1) is 24.0 Å². The summed E-state index contributed by atoms with van der Waals surface area (Å²) < 4.78 is 13.1. The fourth-order valence-corrected chi connectivity index (χ4v) is 4.27. The molecule has 1 saturated heterocycles. The van der Waals surface area contributed by atoms with Crippen molar-refractivity contribution in [3.05, 3.63) is 65.5 Å². The summed E-state index contributed by atoms with van der Waals surface area (Å²) in [5.74, 6) is 0.875. The van der Waals surface area contributed by atoms with Gasteiger partial charge in [0.1, 0.15) is 5.82 Å². The van der Waals surface area contributed by atoms with Crippen LogP contribution in [0.25, 0.3) is 0 Å². The summed E-state index contributed by atoms with van der Waals surface area (Å²) >= 11 is 0. The number of carbonyl (C=O) groups excluding carboxylic acids is 1. The maximum absolute atomic E-state index is 13.1. The molecule has 0 aliphatic carbocycles. The monoisotopic (exact) mass is 551 g/mol. The van der Waals surface area contributed by atoms with Crippen LogP contribution >= 0.6 is 24.0 Å². The Morgan fingerprint density at radius 3 is 2.19 bits per heavy atom. The molecular weight excluding hydrogens is 520 g/mol. The van der Waals surface area contributed by atoms with E-state index in [0.29, 0.717) is 6.42 Å². The topological polar surface area (TPSA) is 51.2 Å². The quantitative estimate of drug-likeness (QED) is 0.268. The van der Waals surface area contributed by atoms with Crippen molar-refractivity contribution in [2.75, 3.05) is 44.7 Å². The van der Waals surface area contributed by atoms with Crippen molar-refractivity contribution in [3.8, 4) is 0 Å². The number of halogens is 2. The number of rotatable bonds is 5. The molecule has 0 unspecified atom stereocenters. The fraction of sp³-hybridized carbons (Fsp3) is 0.417.